The summed E-state index contributed by atoms with van der Waals surface area (Å²) in [5, 5.41) is 0. The average molecular weight is 354 g/mol. The topological polar surface area (TPSA) is 43.4 Å². The number of hydrogen-bond donors (Lipinski definition) is 0. The van der Waals surface area contributed by atoms with Gasteiger partial charge < -0.3 is 4.18 Å². The molecule has 0 spiro atoms. The Labute approximate surface area is 110 Å². The lowest BCUT2D eigenvalue weighted by atomic mass is 10.1. The highest BCUT2D eigenvalue weighted by molar-refractivity contribution is 14.1. The van der Waals surface area contributed by atoms with Crippen molar-refractivity contribution in [2.45, 2.75) is 23.7 Å². The second-order valence-electron chi connectivity index (χ2n) is 3.61. The first-order valence-corrected chi connectivity index (χ1v) is 8.12. The highest BCUT2D eigenvalue weighted by Crippen LogP contribution is 2.29. The van der Waals surface area contributed by atoms with E-state index in [1.165, 1.54) is 5.56 Å². The van der Waals surface area contributed by atoms with E-state index in [-0.39, 0.29) is 0 Å². The highest BCUT2D eigenvalue weighted by atomic mass is 127. The summed E-state index contributed by atoms with van der Waals surface area (Å²) in [6.45, 7) is 2.15. The van der Waals surface area contributed by atoms with Gasteiger partial charge in [0.2, 0.25) is 0 Å². The van der Waals surface area contributed by atoms with Gasteiger partial charge in [-0.2, -0.15) is 8.42 Å². The van der Waals surface area contributed by atoms with Gasteiger partial charge in [0.15, 0.2) is 0 Å². The van der Waals surface area contributed by atoms with E-state index in [1.807, 2.05) is 12.1 Å². The molecule has 90 valence electrons. The van der Waals surface area contributed by atoms with Crippen molar-refractivity contribution < 1.29 is 12.6 Å². The van der Waals surface area contributed by atoms with E-state index in [0.717, 1.165) is 19.1 Å². The molecule has 0 radical (unpaired) electrons. The average Bonchev–Trinajstić information content (AvgIpc) is 2.16. The molecule has 1 aromatic rings. The molecule has 3 nitrogen and oxygen atoms in total. The maximum Gasteiger partial charge on any atom is 0.306 e. The van der Waals surface area contributed by atoms with Crippen LogP contribution >= 0.6 is 22.6 Å². The molecule has 0 aliphatic carbocycles. The Bertz CT molecular complexity index is 425. The van der Waals surface area contributed by atoms with Gasteiger partial charge in [-0.05, 0) is 24.1 Å². The highest BCUT2D eigenvalue weighted by Gasteiger charge is 2.08. The van der Waals surface area contributed by atoms with Gasteiger partial charge in [0.1, 0.15) is 5.75 Å². The van der Waals surface area contributed by atoms with E-state index in [1.54, 1.807) is 12.1 Å². The van der Waals surface area contributed by atoms with Gasteiger partial charge in [0.05, 0.1) is 6.26 Å². The van der Waals surface area contributed by atoms with E-state index in [0.29, 0.717) is 9.67 Å². The van der Waals surface area contributed by atoms with Crippen LogP contribution < -0.4 is 4.18 Å². The second kappa shape index (κ2) is 5.86. The minimum Gasteiger partial charge on any atom is -0.383 e. The Morgan fingerprint density at radius 3 is 2.31 bits per heavy atom. The maximum atomic E-state index is 10.9. The van der Waals surface area contributed by atoms with Crippen LogP contribution in [0.1, 0.15) is 29.3 Å². The molecule has 0 saturated carbocycles. The van der Waals surface area contributed by atoms with E-state index >= 15 is 0 Å². The molecule has 0 N–H and O–H groups in total. The number of rotatable bonds is 5. The van der Waals surface area contributed by atoms with E-state index in [9.17, 15) is 8.42 Å². The zero-order valence-electron chi connectivity index (χ0n) is 9.31. The molecule has 16 heavy (non-hydrogen) atoms. The standard InChI is InChI=1S/C11H15IO3S/c1-3-4-11(12)9-5-7-10(8-6-9)15-16(2,13)14/h5-8,11H,3-4H2,1-2H3. The molecule has 0 bridgehead atoms. The maximum absolute atomic E-state index is 10.9. The molecule has 1 atom stereocenters. The lowest BCUT2D eigenvalue weighted by Gasteiger charge is -2.09. The molecular formula is C11H15IO3S. The molecule has 0 aliphatic heterocycles. The Morgan fingerprint density at radius 1 is 1.31 bits per heavy atom. The third-order valence-electron chi connectivity index (χ3n) is 2.03. The molecule has 0 aromatic heterocycles. The van der Waals surface area contributed by atoms with Gasteiger partial charge in [-0.15, -0.1) is 0 Å². The summed E-state index contributed by atoms with van der Waals surface area (Å²) in [6.07, 6.45) is 3.29. The van der Waals surface area contributed by atoms with E-state index in [4.69, 9.17) is 4.18 Å². The SMILES string of the molecule is CCCC(I)c1ccc(OS(C)(=O)=O)cc1. The molecule has 0 heterocycles. The Kier molecular flexibility index (Phi) is 5.04. The predicted octanol–water partition coefficient (Wildman–Crippen LogP) is 3.30. The van der Waals surface area contributed by atoms with Crippen LogP contribution in [0.15, 0.2) is 24.3 Å². The zero-order chi connectivity index (χ0) is 12.2. The Morgan fingerprint density at radius 2 is 1.88 bits per heavy atom. The van der Waals surface area contributed by atoms with Crippen molar-refractivity contribution in [1.82, 2.24) is 0 Å². The Balaban J connectivity index is 2.75. The first-order valence-electron chi connectivity index (χ1n) is 5.06. The largest absolute Gasteiger partial charge is 0.383 e. The van der Waals surface area contributed by atoms with Crippen molar-refractivity contribution in [3.8, 4) is 5.75 Å². The van der Waals surface area contributed by atoms with Gasteiger partial charge in [0.25, 0.3) is 0 Å². The third-order valence-corrected chi connectivity index (χ3v) is 3.87. The summed E-state index contributed by atoms with van der Waals surface area (Å²) in [6, 6.07) is 7.20. The minimum atomic E-state index is -3.42. The van der Waals surface area contributed by atoms with Crippen LogP contribution in [0.3, 0.4) is 0 Å². The third kappa shape index (κ3) is 4.69. The number of benzene rings is 1. The number of halogens is 1. The monoisotopic (exact) mass is 354 g/mol. The minimum absolute atomic E-state index is 0.367. The summed E-state index contributed by atoms with van der Waals surface area (Å²) in [5.41, 5.74) is 1.20. The van der Waals surface area contributed by atoms with Crippen molar-refractivity contribution >= 4 is 32.7 Å². The number of hydrogen-bond acceptors (Lipinski definition) is 3. The van der Waals surface area contributed by atoms with Crippen LogP contribution in [0.25, 0.3) is 0 Å². The summed E-state index contributed by atoms with van der Waals surface area (Å²) in [7, 11) is -3.42. The van der Waals surface area contributed by atoms with Crippen LogP contribution in [-0.4, -0.2) is 14.7 Å². The van der Waals surface area contributed by atoms with Crippen LogP contribution in [0, 0.1) is 0 Å². The first kappa shape index (κ1) is 13.8. The van der Waals surface area contributed by atoms with E-state index in [2.05, 4.69) is 29.5 Å². The van der Waals surface area contributed by atoms with Gasteiger partial charge in [-0.3, -0.25) is 0 Å². The number of alkyl halides is 1. The van der Waals surface area contributed by atoms with Crippen LogP contribution in [-0.2, 0) is 10.1 Å². The summed E-state index contributed by atoms with van der Waals surface area (Å²) in [4.78, 5) is 0. The Hall–Kier alpha value is -0.300. The summed E-state index contributed by atoms with van der Waals surface area (Å²) < 4.78 is 27.0. The fourth-order valence-corrected chi connectivity index (χ4v) is 2.83. The summed E-state index contributed by atoms with van der Waals surface area (Å²) >= 11 is 2.39. The quantitative estimate of drug-likeness (QED) is 0.463. The van der Waals surface area contributed by atoms with Crippen molar-refractivity contribution in [3.63, 3.8) is 0 Å². The molecule has 0 saturated heterocycles. The zero-order valence-corrected chi connectivity index (χ0v) is 12.3. The van der Waals surface area contributed by atoms with Crippen molar-refractivity contribution in [2.24, 2.45) is 0 Å². The lowest BCUT2D eigenvalue weighted by Crippen LogP contribution is -2.05. The van der Waals surface area contributed by atoms with E-state index < -0.39 is 10.1 Å². The van der Waals surface area contributed by atoms with Crippen molar-refractivity contribution in [2.75, 3.05) is 6.26 Å². The normalized spacial score (nSPS) is 13.4. The van der Waals surface area contributed by atoms with Gasteiger partial charge in [0, 0.05) is 3.92 Å². The van der Waals surface area contributed by atoms with Gasteiger partial charge >= 0.3 is 10.1 Å². The fraction of sp³-hybridized carbons (Fsp3) is 0.455. The fourth-order valence-electron chi connectivity index (χ4n) is 1.33. The van der Waals surface area contributed by atoms with Crippen LogP contribution in [0.5, 0.6) is 5.75 Å². The summed E-state index contributed by atoms with van der Waals surface area (Å²) in [5.74, 6) is 0.367. The molecule has 0 fully saturated rings. The predicted molar refractivity (Wildman–Crippen MR) is 73.6 cm³/mol. The van der Waals surface area contributed by atoms with Gasteiger partial charge in [-0.25, -0.2) is 0 Å². The molecule has 5 heteroatoms. The van der Waals surface area contributed by atoms with Crippen LogP contribution in [0.4, 0.5) is 0 Å². The second-order valence-corrected chi connectivity index (χ2v) is 6.69. The van der Waals surface area contributed by atoms with Crippen molar-refractivity contribution in [1.29, 1.82) is 0 Å². The smallest absolute Gasteiger partial charge is 0.306 e. The molecule has 1 aromatic carbocycles. The van der Waals surface area contributed by atoms with Crippen LogP contribution in [0.2, 0.25) is 0 Å². The lowest BCUT2D eigenvalue weighted by molar-refractivity contribution is 0.493. The van der Waals surface area contributed by atoms with Gasteiger partial charge in [-0.1, -0.05) is 48.1 Å². The van der Waals surface area contributed by atoms with Crippen molar-refractivity contribution in [3.05, 3.63) is 29.8 Å². The molecule has 0 amide bonds. The molecule has 1 rings (SSSR count). The molecule has 0 aliphatic rings. The molecular weight excluding hydrogens is 339 g/mol. The molecule has 1 unspecified atom stereocenters. The first-order chi connectivity index (χ1) is 7.42.